The number of nitrogens with zero attached hydrogens (tertiary/aromatic N) is 1. The zero-order valence-electron chi connectivity index (χ0n) is 11.5. The Morgan fingerprint density at radius 3 is 2.25 bits per heavy atom. The van der Waals surface area contributed by atoms with Crippen LogP contribution < -0.4 is 4.74 Å². The van der Waals surface area contributed by atoms with Crippen LogP contribution >= 0.6 is 0 Å². The van der Waals surface area contributed by atoms with Gasteiger partial charge in [-0.25, -0.2) is 0 Å². The molecule has 0 saturated heterocycles. The maximum Gasteiger partial charge on any atom is 0.160 e. The highest BCUT2D eigenvalue weighted by atomic mass is 16.6. The van der Waals surface area contributed by atoms with E-state index >= 15 is 0 Å². The van der Waals surface area contributed by atoms with Gasteiger partial charge in [0.25, 0.3) is 0 Å². The molecule has 0 aliphatic rings. The number of hydrogen-bond donors (Lipinski definition) is 0. The first-order valence-corrected chi connectivity index (χ1v) is 6.16. The number of methoxy groups -OCH3 is 1. The maximum absolute atomic E-state index is 5.11. The van der Waals surface area contributed by atoms with Crippen molar-refractivity contribution in [2.24, 2.45) is 5.16 Å². The van der Waals surface area contributed by atoms with Crippen LogP contribution in [-0.2, 0) is 4.84 Å². The summed E-state index contributed by atoms with van der Waals surface area (Å²) in [7, 11) is 3.15. The lowest BCUT2D eigenvalue weighted by Gasteiger charge is -1.99. The molecular weight excluding hydrogens is 250 g/mol. The second-order valence-corrected chi connectivity index (χ2v) is 3.97. The molecular formula is C17H15NO2. The molecule has 100 valence electrons. The fourth-order valence-corrected chi connectivity index (χ4v) is 1.64. The molecule has 3 nitrogen and oxygen atoms in total. The number of ether oxygens (including phenoxy) is 1. The molecule has 0 heterocycles. The van der Waals surface area contributed by atoms with Crippen LogP contribution in [0, 0.1) is 11.8 Å². The molecule has 0 aliphatic heterocycles. The fraction of sp³-hybridized carbons (Fsp3) is 0.118. The highest BCUT2D eigenvalue weighted by molar-refractivity contribution is 6.12. The van der Waals surface area contributed by atoms with Crippen molar-refractivity contribution in [3.05, 3.63) is 65.7 Å². The molecule has 0 unspecified atom stereocenters. The second-order valence-electron chi connectivity index (χ2n) is 3.97. The fourth-order valence-electron chi connectivity index (χ4n) is 1.64. The molecule has 0 amide bonds. The van der Waals surface area contributed by atoms with Gasteiger partial charge < -0.3 is 9.57 Å². The molecule has 0 aromatic heterocycles. The minimum atomic E-state index is 0.601. The second kappa shape index (κ2) is 7.01. The van der Waals surface area contributed by atoms with E-state index in [1.165, 1.54) is 7.11 Å². The SMILES string of the molecule is CO/N=C(\C#Cc1ccc(OC)cc1)c1ccccc1. The van der Waals surface area contributed by atoms with E-state index in [9.17, 15) is 0 Å². The van der Waals surface area contributed by atoms with Crippen LogP contribution in [0.4, 0.5) is 0 Å². The normalized spacial score (nSPS) is 10.4. The molecule has 3 heteroatoms. The summed E-state index contributed by atoms with van der Waals surface area (Å²) in [5.74, 6) is 6.90. The third-order valence-corrected chi connectivity index (χ3v) is 2.65. The molecule has 2 aromatic carbocycles. The Balaban J connectivity index is 2.25. The van der Waals surface area contributed by atoms with Crippen molar-refractivity contribution in [1.29, 1.82) is 0 Å². The minimum absolute atomic E-state index is 0.601. The Hall–Kier alpha value is -2.73. The molecule has 2 rings (SSSR count). The summed E-state index contributed by atoms with van der Waals surface area (Å²) in [6.07, 6.45) is 0. The topological polar surface area (TPSA) is 30.8 Å². The van der Waals surface area contributed by atoms with Crippen LogP contribution in [0.5, 0.6) is 5.75 Å². The molecule has 0 spiro atoms. The van der Waals surface area contributed by atoms with Crippen molar-refractivity contribution >= 4 is 5.71 Å². The Kier molecular flexibility index (Phi) is 4.80. The van der Waals surface area contributed by atoms with Gasteiger partial charge in [-0.15, -0.1) is 0 Å². The molecule has 0 saturated carbocycles. The van der Waals surface area contributed by atoms with Gasteiger partial charge in [0, 0.05) is 11.1 Å². The summed E-state index contributed by atoms with van der Waals surface area (Å²) >= 11 is 0. The Morgan fingerprint density at radius 1 is 0.950 bits per heavy atom. The van der Waals surface area contributed by atoms with Crippen molar-refractivity contribution in [2.45, 2.75) is 0 Å². The lowest BCUT2D eigenvalue weighted by molar-refractivity contribution is 0.214. The molecule has 0 aliphatic carbocycles. The number of benzene rings is 2. The van der Waals surface area contributed by atoms with Gasteiger partial charge in [-0.3, -0.25) is 0 Å². The molecule has 20 heavy (non-hydrogen) atoms. The van der Waals surface area contributed by atoms with E-state index in [2.05, 4.69) is 17.0 Å². The molecule has 0 radical (unpaired) electrons. The Labute approximate surface area is 118 Å². The lowest BCUT2D eigenvalue weighted by Crippen LogP contribution is -1.97. The van der Waals surface area contributed by atoms with Crippen LogP contribution in [0.25, 0.3) is 0 Å². The van der Waals surface area contributed by atoms with Crippen LogP contribution in [0.2, 0.25) is 0 Å². The van der Waals surface area contributed by atoms with E-state index in [0.717, 1.165) is 16.9 Å². The predicted molar refractivity (Wildman–Crippen MR) is 79.9 cm³/mol. The van der Waals surface area contributed by atoms with Crippen molar-refractivity contribution in [2.75, 3.05) is 14.2 Å². The van der Waals surface area contributed by atoms with Gasteiger partial charge >= 0.3 is 0 Å². The molecule has 0 bridgehead atoms. The van der Waals surface area contributed by atoms with Gasteiger partial charge in [-0.1, -0.05) is 41.4 Å². The highest BCUT2D eigenvalue weighted by Crippen LogP contribution is 2.10. The summed E-state index contributed by atoms with van der Waals surface area (Å²) in [5.41, 5.74) is 2.42. The Morgan fingerprint density at radius 2 is 1.65 bits per heavy atom. The van der Waals surface area contributed by atoms with Crippen LogP contribution in [0.15, 0.2) is 59.8 Å². The zero-order valence-corrected chi connectivity index (χ0v) is 11.5. The predicted octanol–water partition coefficient (Wildman–Crippen LogP) is 3.10. The first-order chi connectivity index (χ1) is 9.83. The average Bonchev–Trinajstić information content (AvgIpc) is 2.53. The number of hydrogen-bond acceptors (Lipinski definition) is 3. The minimum Gasteiger partial charge on any atom is -0.497 e. The smallest absolute Gasteiger partial charge is 0.160 e. The first kappa shape index (κ1) is 13.7. The first-order valence-electron chi connectivity index (χ1n) is 6.16. The van der Waals surface area contributed by atoms with E-state index in [0.29, 0.717) is 5.71 Å². The summed E-state index contributed by atoms with van der Waals surface area (Å²) in [5, 5.41) is 3.96. The van der Waals surface area contributed by atoms with Crippen LogP contribution in [0.1, 0.15) is 11.1 Å². The lowest BCUT2D eigenvalue weighted by atomic mass is 10.1. The van der Waals surface area contributed by atoms with E-state index < -0.39 is 0 Å². The Bertz CT molecular complexity index is 634. The van der Waals surface area contributed by atoms with Crippen LogP contribution in [-0.4, -0.2) is 19.9 Å². The average molecular weight is 265 g/mol. The van der Waals surface area contributed by atoms with Gasteiger partial charge in [0.05, 0.1) is 7.11 Å². The molecule has 0 fully saturated rings. The third kappa shape index (κ3) is 3.63. The quantitative estimate of drug-likeness (QED) is 0.485. The van der Waals surface area contributed by atoms with E-state index in [4.69, 9.17) is 9.57 Å². The highest BCUT2D eigenvalue weighted by Gasteiger charge is 1.99. The number of oxime groups is 1. The number of rotatable bonds is 3. The van der Waals surface area contributed by atoms with Crippen molar-refractivity contribution in [1.82, 2.24) is 0 Å². The molecule has 2 aromatic rings. The summed E-state index contributed by atoms with van der Waals surface area (Å²) in [6, 6.07) is 17.3. The third-order valence-electron chi connectivity index (χ3n) is 2.65. The summed E-state index contributed by atoms with van der Waals surface area (Å²) in [4.78, 5) is 4.85. The summed E-state index contributed by atoms with van der Waals surface area (Å²) < 4.78 is 5.11. The van der Waals surface area contributed by atoms with E-state index in [-0.39, 0.29) is 0 Å². The molecule has 0 N–H and O–H groups in total. The largest absolute Gasteiger partial charge is 0.497 e. The van der Waals surface area contributed by atoms with Gasteiger partial charge in [-0.2, -0.15) is 0 Å². The van der Waals surface area contributed by atoms with E-state index in [1.807, 2.05) is 54.6 Å². The van der Waals surface area contributed by atoms with Crippen molar-refractivity contribution in [3.8, 4) is 17.6 Å². The van der Waals surface area contributed by atoms with Gasteiger partial charge in [0.1, 0.15) is 12.9 Å². The van der Waals surface area contributed by atoms with Crippen molar-refractivity contribution < 1.29 is 9.57 Å². The molecule has 0 atom stereocenters. The van der Waals surface area contributed by atoms with E-state index in [1.54, 1.807) is 7.11 Å². The van der Waals surface area contributed by atoms with Crippen LogP contribution in [0.3, 0.4) is 0 Å². The van der Waals surface area contributed by atoms with Gasteiger partial charge in [0.15, 0.2) is 5.71 Å². The zero-order chi connectivity index (χ0) is 14.2. The van der Waals surface area contributed by atoms with Gasteiger partial charge in [0.2, 0.25) is 0 Å². The summed E-state index contributed by atoms with van der Waals surface area (Å²) in [6.45, 7) is 0. The monoisotopic (exact) mass is 265 g/mol. The standard InChI is InChI=1S/C17H15NO2/c1-19-16-11-8-14(9-12-16)10-13-17(18-20-2)15-6-4-3-5-7-15/h3-9,11-12H,1-2H3/b18-17+. The van der Waals surface area contributed by atoms with Gasteiger partial charge in [-0.05, 0) is 30.2 Å². The van der Waals surface area contributed by atoms with Crippen molar-refractivity contribution in [3.63, 3.8) is 0 Å². The maximum atomic E-state index is 5.11.